The van der Waals surface area contributed by atoms with Crippen LogP contribution in [0.5, 0.6) is 0 Å². The number of hydrogen-bond acceptors (Lipinski definition) is 3. The van der Waals surface area contributed by atoms with Crippen LogP contribution in [0.1, 0.15) is 10.4 Å². The van der Waals surface area contributed by atoms with Crippen molar-refractivity contribution in [1.82, 2.24) is 0 Å². The molecular formula is C10H7Cl3O4S. The number of rotatable bonds is 4. The van der Waals surface area contributed by atoms with E-state index in [9.17, 15) is 13.2 Å². The molecular weight excluding hydrogens is 323 g/mol. The highest BCUT2D eigenvalue weighted by Crippen LogP contribution is 2.23. The molecule has 0 saturated carbocycles. The van der Waals surface area contributed by atoms with Gasteiger partial charge in [-0.3, -0.25) is 0 Å². The summed E-state index contributed by atoms with van der Waals surface area (Å²) < 4.78 is 23.7. The van der Waals surface area contributed by atoms with E-state index >= 15 is 0 Å². The first-order chi connectivity index (χ1) is 8.27. The van der Waals surface area contributed by atoms with Crippen LogP contribution in [0.3, 0.4) is 0 Å². The van der Waals surface area contributed by atoms with Gasteiger partial charge in [0.05, 0.1) is 21.2 Å². The Labute approximate surface area is 119 Å². The SMILES string of the molecule is O=C(O)c1ccc(S(=O)(=O)C/C(Cl)=C/Cl)cc1Cl. The largest absolute Gasteiger partial charge is 0.478 e. The van der Waals surface area contributed by atoms with Crippen LogP contribution in [0.15, 0.2) is 33.7 Å². The van der Waals surface area contributed by atoms with E-state index in [0.717, 1.165) is 23.7 Å². The Hall–Kier alpha value is -0.750. The Morgan fingerprint density at radius 3 is 2.44 bits per heavy atom. The van der Waals surface area contributed by atoms with Crippen LogP contribution < -0.4 is 0 Å². The highest BCUT2D eigenvalue weighted by Gasteiger charge is 2.19. The lowest BCUT2D eigenvalue weighted by atomic mass is 10.2. The van der Waals surface area contributed by atoms with Gasteiger partial charge in [0, 0.05) is 10.6 Å². The zero-order valence-electron chi connectivity index (χ0n) is 8.73. The van der Waals surface area contributed by atoms with Gasteiger partial charge in [-0.25, -0.2) is 13.2 Å². The molecule has 0 aromatic heterocycles. The summed E-state index contributed by atoms with van der Waals surface area (Å²) in [5.74, 6) is -1.71. The third-order valence-electron chi connectivity index (χ3n) is 1.98. The number of benzene rings is 1. The van der Waals surface area contributed by atoms with Crippen molar-refractivity contribution >= 4 is 50.6 Å². The van der Waals surface area contributed by atoms with Crippen molar-refractivity contribution < 1.29 is 18.3 Å². The Bertz CT molecular complexity index is 608. The summed E-state index contributed by atoms with van der Waals surface area (Å²) >= 11 is 16.5. The highest BCUT2D eigenvalue weighted by molar-refractivity contribution is 7.91. The van der Waals surface area contributed by atoms with Gasteiger partial charge in [0.25, 0.3) is 0 Å². The zero-order chi connectivity index (χ0) is 13.9. The van der Waals surface area contributed by atoms with Crippen molar-refractivity contribution in [3.63, 3.8) is 0 Å². The van der Waals surface area contributed by atoms with E-state index in [1.165, 1.54) is 0 Å². The number of aromatic carboxylic acids is 1. The molecule has 0 bridgehead atoms. The topological polar surface area (TPSA) is 71.4 Å². The first-order valence-electron chi connectivity index (χ1n) is 4.48. The average Bonchev–Trinajstić information content (AvgIpc) is 2.27. The molecule has 0 radical (unpaired) electrons. The minimum Gasteiger partial charge on any atom is -0.478 e. The maximum atomic E-state index is 11.8. The maximum Gasteiger partial charge on any atom is 0.337 e. The van der Waals surface area contributed by atoms with Gasteiger partial charge in [0.1, 0.15) is 0 Å². The maximum absolute atomic E-state index is 11.8. The number of carboxylic acid groups (broad SMARTS) is 1. The summed E-state index contributed by atoms with van der Waals surface area (Å²) in [6.07, 6.45) is 0. The van der Waals surface area contributed by atoms with Crippen LogP contribution in [0.2, 0.25) is 5.02 Å². The van der Waals surface area contributed by atoms with Crippen LogP contribution >= 0.6 is 34.8 Å². The fourth-order valence-corrected chi connectivity index (χ4v) is 3.27. The zero-order valence-corrected chi connectivity index (χ0v) is 11.8. The van der Waals surface area contributed by atoms with E-state index in [2.05, 4.69) is 0 Å². The van der Waals surface area contributed by atoms with Crippen LogP contribution in [-0.2, 0) is 9.84 Å². The molecule has 0 aliphatic carbocycles. The van der Waals surface area contributed by atoms with Gasteiger partial charge >= 0.3 is 5.97 Å². The van der Waals surface area contributed by atoms with Crippen molar-refractivity contribution in [2.45, 2.75) is 4.90 Å². The van der Waals surface area contributed by atoms with E-state index in [4.69, 9.17) is 39.9 Å². The molecule has 4 nitrogen and oxygen atoms in total. The molecule has 1 rings (SSSR count). The molecule has 0 fully saturated rings. The first-order valence-corrected chi connectivity index (χ1v) is 7.32. The quantitative estimate of drug-likeness (QED) is 0.921. The molecule has 0 heterocycles. The van der Waals surface area contributed by atoms with Gasteiger partial charge in [-0.05, 0) is 18.2 Å². The van der Waals surface area contributed by atoms with Gasteiger partial charge < -0.3 is 5.11 Å². The first kappa shape index (κ1) is 15.3. The van der Waals surface area contributed by atoms with Crippen LogP contribution in [-0.4, -0.2) is 25.2 Å². The fourth-order valence-electron chi connectivity index (χ4n) is 1.16. The van der Waals surface area contributed by atoms with Gasteiger partial charge in [-0.15, -0.1) is 0 Å². The van der Waals surface area contributed by atoms with Gasteiger partial charge in [-0.1, -0.05) is 34.8 Å². The molecule has 18 heavy (non-hydrogen) atoms. The molecule has 1 aromatic carbocycles. The molecule has 0 spiro atoms. The molecule has 0 saturated heterocycles. The second-order valence-electron chi connectivity index (χ2n) is 3.26. The number of carboxylic acids is 1. The minimum atomic E-state index is -3.70. The normalized spacial score (nSPS) is 12.5. The van der Waals surface area contributed by atoms with Crippen LogP contribution in [0.4, 0.5) is 0 Å². The van der Waals surface area contributed by atoms with Crippen LogP contribution in [0, 0.1) is 0 Å². The molecule has 0 amide bonds. The lowest BCUT2D eigenvalue weighted by Gasteiger charge is -2.05. The Morgan fingerprint density at radius 1 is 1.39 bits per heavy atom. The number of carbonyl (C=O) groups is 1. The van der Waals surface area contributed by atoms with E-state index in [1.54, 1.807) is 0 Å². The van der Waals surface area contributed by atoms with Crippen molar-refractivity contribution in [3.8, 4) is 0 Å². The van der Waals surface area contributed by atoms with Gasteiger partial charge in [-0.2, -0.15) is 0 Å². The van der Waals surface area contributed by atoms with Crippen molar-refractivity contribution in [2.75, 3.05) is 5.75 Å². The molecule has 1 N–H and O–H groups in total. The third kappa shape index (κ3) is 3.62. The van der Waals surface area contributed by atoms with Gasteiger partial charge in [0.15, 0.2) is 9.84 Å². The Kier molecular flexibility index (Phi) is 5.04. The van der Waals surface area contributed by atoms with Crippen LogP contribution in [0.25, 0.3) is 0 Å². The van der Waals surface area contributed by atoms with Crippen molar-refractivity contribution in [1.29, 1.82) is 0 Å². The molecule has 0 aliphatic rings. The van der Waals surface area contributed by atoms with E-state index in [1.807, 2.05) is 0 Å². The van der Waals surface area contributed by atoms with E-state index < -0.39 is 21.6 Å². The second kappa shape index (κ2) is 5.93. The van der Waals surface area contributed by atoms with Gasteiger partial charge in [0.2, 0.25) is 0 Å². The molecule has 0 unspecified atom stereocenters. The van der Waals surface area contributed by atoms with E-state index in [0.29, 0.717) is 0 Å². The average molecular weight is 330 g/mol. The predicted octanol–water partition coefficient (Wildman–Crippen LogP) is 3.13. The summed E-state index contributed by atoms with van der Waals surface area (Å²) in [5, 5.41) is 8.56. The molecule has 1 aromatic rings. The van der Waals surface area contributed by atoms with Crippen molar-refractivity contribution in [2.24, 2.45) is 0 Å². The fraction of sp³-hybridized carbons (Fsp3) is 0.100. The molecule has 8 heteroatoms. The second-order valence-corrected chi connectivity index (χ2v) is 6.36. The lowest BCUT2D eigenvalue weighted by molar-refractivity contribution is 0.0697. The summed E-state index contributed by atoms with van der Waals surface area (Å²) in [5.41, 5.74) is 0.779. The number of hydrogen-bond donors (Lipinski definition) is 1. The highest BCUT2D eigenvalue weighted by atomic mass is 35.5. The lowest BCUT2D eigenvalue weighted by Crippen LogP contribution is -2.08. The van der Waals surface area contributed by atoms with Crippen molar-refractivity contribution in [3.05, 3.63) is 39.4 Å². The number of sulfone groups is 1. The Balaban J connectivity index is 3.20. The molecule has 98 valence electrons. The predicted molar refractivity (Wildman–Crippen MR) is 70.3 cm³/mol. The monoisotopic (exact) mass is 328 g/mol. The number of halogens is 3. The van der Waals surface area contributed by atoms with E-state index in [-0.39, 0.29) is 20.5 Å². The molecule has 0 atom stereocenters. The third-order valence-corrected chi connectivity index (χ3v) is 4.73. The summed E-state index contributed by atoms with van der Waals surface area (Å²) in [6, 6.07) is 3.34. The molecule has 0 aliphatic heterocycles. The minimum absolute atomic E-state index is 0.0462. The summed E-state index contributed by atoms with van der Waals surface area (Å²) in [7, 11) is -3.70. The Morgan fingerprint density at radius 2 is 2.00 bits per heavy atom. The summed E-state index contributed by atoms with van der Waals surface area (Å²) in [4.78, 5) is 10.6. The smallest absolute Gasteiger partial charge is 0.337 e. The summed E-state index contributed by atoms with van der Waals surface area (Å²) in [6.45, 7) is 0. The standard InChI is InChI=1S/C10H7Cl3O4S/c11-4-6(12)5-18(16,17)7-1-2-8(10(14)15)9(13)3-7/h1-4H,5H2,(H,14,15)/b6-4-.